The second-order valence-electron chi connectivity index (χ2n) is 5.28. The van der Waals surface area contributed by atoms with Gasteiger partial charge >= 0.3 is 0 Å². The first-order chi connectivity index (χ1) is 10.3. The van der Waals surface area contributed by atoms with E-state index in [1.54, 1.807) is 6.33 Å². The summed E-state index contributed by atoms with van der Waals surface area (Å²) in [5, 5.41) is 5.05. The molecule has 0 aliphatic carbocycles. The van der Waals surface area contributed by atoms with Gasteiger partial charge in [0.05, 0.1) is 0 Å². The van der Waals surface area contributed by atoms with E-state index in [0.29, 0.717) is 11.1 Å². The molecule has 108 valence electrons. The summed E-state index contributed by atoms with van der Waals surface area (Å²) in [5.41, 5.74) is 2.36. The number of fused-ring (bicyclic) bond motifs is 3. The molecule has 1 aliphatic rings. The van der Waals surface area contributed by atoms with Gasteiger partial charge in [-0.25, -0.2) is 9.97 Å². The smallest absolute Gasteiger partial charge is 0.196 e. The number of hydrogen-bond donors (Lipinski definition) is 1. The predicted molar refractivity (Wildman–Crippen MR) is 84.0 cm³/mol. The average molecular weight is 303 g/mol. The van der Waals surface area contributed by atoms with Crippen LogP contribution < -0.4 is 10.2 Å². The molecule has 6 heteroatoms. The van der Waals surface area contributed by atoms with Gasteiger partial charge in [0.2, 0.25) is 0 Å². The van der Waals surface area contributed by atoms with Crippen molar-refractivity contribution in [1.29, 1.82) is 0 Å². The first-order valence-electron chi connectivity index (χ1n) is 7.07. The summed E-state index contributed by atoms with van der Waals surface area (Å²) in [6.45, 7) is 4.99. The fourth-order valence-corrected chi connectivity index (χ4v) is 3.00. The number of likely N-dealkylation sites (N-methyl/N-ethyl adjacent to an activating group) is 1. The molecule has 1 saturated heterocycles. The summed E-state index contributed by atoms with van der Waals surface area (Å²) >= 11 is 6.07. The van der Waals surface area contributed by atoms with Crippen LogP contribution in [0, 0.1) is 0 Å². The van der Waals surface area contributed by atoms with Crippen LogP contribution in [0.25, 0.3) is 22.1 Å². The van der Waals surface area contributed by atoms with Crippen LogP contribution in [0.1, 0.15) is 6.92 Å². The molecule has 1 N–H and O–H groups in total. The van der Waals surface area contributed by atoms with Gasteiger partial charge in [0, 0.05) is 29.5 Å². The van der Waals surface area contributed by atoms with Gasteiger partial charge in [-0.2, -0.15) is 0 Å². The number of anilines is 1. The lowest BCUT2D eigenvalue weighted by atomic mass is 10.1. The van der Waals surface area contributed by atoms with E-state index in [0.717, 1.165) is 47.5 Å². The van der Waals surface area contributed by atoms with Gasteiger partial charge in [-0.3, -0.25) is 0 Å². The molecule has 0 unspecified atom stereocenters. The molecule has 3 aromatic rings. The first kappa shape index (κ1) is 12.9. The minimum Gasteiger partial charge on any atom is -0.450 e. The van der Waals surface area contributed by atoms with Crippen LogP contribution in [0.3, 0.4) is 0 Å². The number of nitrogens with zero attached hydrogens (tertiary/aromatic N) is 3. The minimum atomic E-state index is 0.527. The maximum Gasteiger partial charge on any atom is 0.196 e. The molecule has 1 aromatic carbocycles. The van der Waals surface area contributed by atoms with E-state index in [9.17, 15) is 0 Å². The van der Waals surface area contributed by atoms with Gasteiger partial charge < -0.3 is 14.6 Å². The molecule has 0 radical (unpaired) electrons. The van der Waals surface area contributed by atoms with Crippen molar-refractivity contribution in [3.8, 4) is 0 Å². The Labute approximate surface area is 126 Å². The molecular formula is C15H15ClN4O. The van der Waals surface area contributed by atoms with Crippen molar-refractivity contribution < 1.29 is 4.42 Å². The standard InChI is InChI=1S/C15H15ClN4O/c1-2-17-10-6-20(7-10)15-14-13(18-8-19-15)11-5-9(16)3-4-12(11)21-14/h3-5,8,10,17H,2,6-7H2,1H3. The van der Waals surface area contributed by atoms with Crippen LogP contribution >= 0.6 is 11.6 Å². The quantitative estimate of drug-likeness (QED) is 0.806. The third-order valence-electron chi connectivity index (χ3n) is 3.87. The highest BCUT2D eigenvalue weighted by Crippen LogP contribution is 2.34. The van der Waals surface area contributed by atoms with Gasteiger partial charge in [0.15, 0.2) is 11.4 Å². The summed E-state index contributed by atoms with van der Waals surface area (Å²) in [6, 6.07) is 6.11. The van der Waals surface area contributed by atoms with Crippen LogP contribution in [0.2, 0.25) is 5.02 Å². The Morgan fingerprint density at radius 2 is 2.24 bits per heavy atom. The predicted octanol–water partition coefficient (Wildman–Crippen LogP) is 2.83. The zero-order valence-electron chi connectivity index (χ0n) is 11.6. The van der Waals surface area contributed by atoms with Crippen molar-refractivity contribution in [3.05, 3.63) is 29.5 Å². The number of halogens is 1. The fourth-order valence-electron chi connectivity index (χ4n) is 2.83. The number of benzene rings is 1. The Hall–Kier alpha value is -1.85. The van der Waals surface area contributed by atoms with Crippen molar-refractivity contribution >= 4 is 39.5 Å². The van der Waals surface area contributed by atoms with Gasteiger partial charge in [0.25, 0.3) is 0 Å². The van der Waals surface area contributed by atoms with Crippen molar-refractivity contribution in [2.45, 2.75) is 13.0 Å². The van der Waals surface area contributed by atoms with Crippen LogP contribution in [0.15, 0.2) is 28.9 Å². The molecule has 0 spiro atoms. The molecule has 0 amide bonds. The largest absolute Gasteiger partial charge is 0.450 e. The minimum absolute atomic E-state index is 0.527. The second-order valence-corrected chi connectivity index (χ2v) is 5.71. The van der Waals surface area contributed by atoms with Crippen molar-refractivity contribution in [2.75, 3.05) is 24.5 Å². The number of hydrogen-bond acceptors (Lipinski definition) is 5. The Balaban J connectivity index is 1.78. The molecule has 5 nitrogen and oxygen atoms in total. The van der Waals surface area contributed by atoms with Gasteiger partial charge in [-0.1, -0.05) is 18.5 Å². The summed E-state index contributed by atoms with van der Waals surface area (Å²) in [4.78, 5) is 11.0. The highest BCUT2D eigenvalue weighted by Gasteiger charge is 2.29. The molecule has 21 heavy (non-hydrogen) atoms. The highest BCUT2D eigenvalue weighted by atomic mass is 35.5. The zero-order valence-corrected chi connectivity index (χ0v) is 12.4. The Bertz CT molecular complexity index is 810. The molecular weight excluding hydrogens is 288 g/mol. The lowest BCUT2D eigenvalue weighted by Gasteiger charge is -2.40. The number of furan rings is 1. The van der Waals surface area contributed by atoms with E-state index in [-0.39, 0.29) is 0 Å². The van der Waals surface area contributed by atoms with Gasteiger partial charge in [-0.05, 0) is 24.7 Å². The Kier molecular flexibility index (Phi) is 2.97. The average Bonchev–Trinajstić information content (AvgIpc) is 2.81. The Morgan fingerprint density at radius 3 is 3.05 bits per heavy atom. The summed E-state index contributed by atoms with van der Waals surface area (Å²) in [5.74, 6) is 0.862. The van der Waals surface area contributed by atoms with Crippen molar-refractivity contribution in [2.24, 2.45) is 0 Å². The van der Waals surface area contributed by atoms with Gasteiger partial charge in [-0.15, -0.1) is 0 Å². The van der Waals surface area contributed by atoms with E-state index in [1.807, 2.05) is 18.2 Å². The molecule has 0 saturated carbocycles. The van der Waals surface area contributed by atoms with Crippen LogP contribution in [0.4, 0.5) is 5.82 Å². The van der Waals surface area contributed by atoms with E-state index in [1.165, 1.54) is 0 Å². The first-order valence-corrected chi connectivity index (χ1v) is 7.45. The van der Waals surface area contributed by atoms with Gasteiger partial charge in [0.1, 0.15) is 17.4 Å². The molecule has 0 bridgehead atoms. The van der Waals surface area contributed by atoms with E-state index in [4.69, 9.17) is 16.0 Å². The number of rotatable bonds is 3. The lowest BCUT2D eigenvalue weighted by molar-refractivity contribution is 0.426. The topological polar surface area (TPSA) is 54.2 Å². The van der Waals surface area contributed by atoms with Crippen LogP contribution in [-0.2, 0) is 0 Å². The van der Waals surface area contributed by atoms with Crippen LogP contribution in [-0.4, -0.2) is 35.6 Å². The summed E-state index contributed by atoms with van der Waals surface area (Å²) in [7, 11) is 0. The normalized spacial score (nSPS) is 15.8. The van der Waals surface area contributed by atoms with E-state index >= 15 is 0 Å². The maximum atomic E-state index is 6.07. The SMILES string of the molecule is CCNC1CN(c2ncnc3c2oc2ccc(Cl)cc23)C1. The van der Waals surface area contributed by atoms with Crippen LogP contribution in [0.5, 0.6) is 0 Å². The summed E-state index contributed by atoms with van der Waals surface area (Å²) < 4.78 is 5.94. The van der Waals surface area contributed by atoms with E-state index < -0.39 is 0 Å². The third-order valence-corrected chi connectivity index (χ3v) is 4.10. The summed E-state index contributed by atoms with van der Waals surface area (Å²) in [6.07, 6.45) is 1.59. The zero-order chi connectivity index (χ0) is 14.4. The highest BCUT2D eigenvalue weighted by molar-refractivity contribution is 6.31. The lowest BCUT2D eigenvalue weighted by Crippen LogP contribution is -2.58. The third kappa shape index (κ3) is 2.04. The molecule has 0 atom stereocenters. The van der Waals surface area contributed by atoms with Crippen molar-refractivity contribution in [3.63, 3.8) is 0 Å². The van der Waals surface area contributed by atoms with E-state index in [2.05, 4.69) is 27.1 Å². The maximum absolute atomic E-state index is 6.07. The van der Waals surface area contributed by atoms with Crippen molar-refractivity contribution in [1.82, 2.24) is 15.3 Å². The fraction of sp³-hybridized carbons (Fsp3) is 0.333. The molecule has 1 fully saturated rings. The molecule has 3 heterocycles. The second kappa shape index (κ2) is 4.86. The number of nitrogens with one attached hydrogen (secondary N) is 1. The molecule has 4 rings (SSSR count). The molecule has 1 aliphatic heterocycles. The monoisotopic (exact) mass is 302 g/mol. The number of aromatic nitrogens is 2. The molecule has 2 aromatic heterocycles. The Morgan fingerprint density at radius 1 is 1.38 bits per heavy atom.